The van der Waals surface area contributed by atoms with Crippen LogP contribution in [0.15, 0.2) is 0 Å². The van der Waals surface area contributed by atoms with Crippen molar-refractivity contribution in [3.63, 3.8) is 0 Å². The van der Waals surface area contributed by atoms with E-state index in [0.717, 1.165) is 0 Å². The van der Waals surface area contributed by atoms with Crippen LogP contribution in [0.1, 0.15) is 0 Å². The number of hydrogen-bond acceptors (Lipinski definition) is 4. The van der Waals surface area contributed by atoms with E-state index in [1.165, 1.54) is 0 Å². The van der Waals surface area contributed by atoms with Gasteiger partial charge in [0, 0.05) is 0 Å². The van der Waals surface area contributed by atoms with Crippen LogP contribution in [-0.2, 0) is 0 Å². The summed E-state index contributed by atoms with van der Waals surface area (Å²) in [7, 11) is -5.61. The molecule has 0 aromatic carbocycles. The summed E-state index contributed by atoms with van der Waals surface area (Å²) in [6.45, 7) is 0. The Balaban J connectivity index is -0.00000000533. The minimum absolute atomic E-state index is 0. The van der Waals surface area contributed by atoms with Crippen LogP contribution in [0.5, 0.6) is 0 Å². The Morgan fingerprint density at radius 1 is 0.545 bits per heavy atom. The van der Waals surface area contributed by atoms with Gasteiger partial charge in [-0.3, -0.25) is 0 Å². The summed E-state index contributed by atoms with van der Waals surface area (Å²) >= 11 is 0. The third-order valence-corrected chi connectivity index (χ3v) is 0. The van der Waals surface area contributed by atoms with E-state index < -0.39 is 9.05 Å². The van der Waals surface area contributed by atoms with Gasteiger partial charge in [0.2, 0.25) is 0 Å². The zero-order valence-electron chi connectivity index (χ0n) is 5.55. The minimum Gasteiger partial charge on any atom is -0.894 e. The molecule has 0 aliphatic rings. The van der Waals surface area contributed by atoms with E-state index in [1.807, 2.05) is 0 Å². The molecular weight excluding hydrogens is 205 g/mol. The second kappa shape index (κ2) is 22.5. The summed E-state index contributed by atoms with van der Waals surface area (Å²) in [6.07, 6.45) is 0. The van der Waals surface area contributed by atoms with Crippen LogP contribution < -0.4 is 19.2 Å². The van der Waals surface area contributed by atoms with Crippen LogP contribution >= 0.6 is 0 Å². The quantitative estimate of drug-likeness (QED) is 0.357. The zero-order valence-corrected chi connectivity index (χ0v) is 9.38. The number of rotatable bonds is 0. The van der Waals surface area contributed by atoms with Crippen molar-refractivity contribution >= 4 is 55.2 Å². The zero-order chi connectivity index (χ0) is 4.50. The topological polar surface area (TPSA) is 218 Å². The van der Waals surface area contributed by atoms with Gasteiger partial charge in [0.15, 0.2) is 0 Å². The standard InChI is InChI=1S/2Mg.O4Si.4H2O/c;;1-5(2,3)4;;;;/h;;;4*1H2/q2*+2;-4;;;;. The maximum atomic E-state index is 8.58. The molecule has 0 amide bonds. The fourth-order valence-corrected chi connectivity index (χ4v) is 0. The van der Waals surface area contributed by atoms with Gasteiger partial charge >= 0.3 is 46.1 Å². The molecule has 0 saturated carbocycles. The molecule has 0 bridgehead atoms. The SMILES string of the molecule is O.O.O.O.[Mg+2].[Mg+2].[O-][Si]([O-])([O-])[O-]. The molecule has 0 aromatic heterocycles. The van der Waals surface area contributed by atoms with E-state index in [1.54, 1.807) is 0 Å². The first-order valence-corrected chi connectivity index (χ1v) is 2.45. The Kier molecular flexibility index (Phi) is 113. The van der Waals surface area contributed by atoms with Crippen molar-refractivity contribution < 1.29 is 41.1 Å². The Bertz CT molecular complexity index is 27.6. The molecule has 11 heteroatoms. The van der Waals surface area contributed by atoms with Crippen LogP contribution in [0.25, 0.3) is 0 Å². The molecule has 0 unspecified atom stereocenters. The molecule has 0 radical (unpaired) electrons. The van der Waals surface area contributed by atoms with Crippen molar-refractivity contribution in [2.24, 2.45) is 0 Å². The number of hydrogen-bond donors (Lipinski definition) is 0. The van der Waals surface area contributed by atoms with E-state index >= 15 is 0 Å². The summed E-state index contributed by atoms with van der Waals surface area (Å²) in [5.74, 6) is 0. The normalized spacial score (nSPS) is 5.45. The van der Waals surface area contributed by atoms with Crippen LogP contribution in [0, 0.1) is 0 Å². The average Bonchev–Trinajstić information content (AvgIpc) is 0.722. The second-order valence-electron chi connectivity index (χ2n) is 0.500. The first-order valence-electron chi connectivity index (χ1n) is 0.816. The van der Waals surface area contributed by atoms with Crippen molar-refractivity contribution in [2.45, 2.75) is 0 Å². The van der Waals surface area contributed by atoms with Gasteiger partial charge in [-0.25, -0.2) is 0 Å². The summed E-state index contributed by atoms with van der Waals surface area (Å²) in [5, 5.41) is 0. The van der Waals surface area contributed by atoms with Crippen LogP contribution in [-0.4, -0.2) is 77.1 Å². The molecule has 8 N–H and O–H groups in total. The minimum atomic E-state index is -5.61. The van der Waals surface area contributed by atoms with Crippen molar-refractivity contribution in [1.82, 2.24) is 0 Å². The second-order valence-corrected chi connectivity index (χ2v) is 1.50. The predicted molar refractivity (Wildman–Crippen MR) is 31.7 cm³/mol. The Labute approximate surface area is 95.9 Å². The van der Waals surface area contributed by atoms with Gasteiger partial charge in [-0.15, -0.1) is 0 Å². The fraction of sp³-hybridized carbons (Fsp3) is 0. The van der Waals surface area contributed by atoms with Gasteiger partial charge in [0.1, 0.15) is 0 Å². The molecule has 0 aliphatic carbocycles. The monoisotopic (exact) mass is 212 g/mol. The van der Waals surface area contributed by atoms with Crippen LogP contribution in [0.2, 0.25) is 0 Å². The molecule has 8 nitrogen and oxygen atoms in total. The van der Waals surface area contributed by atoms with Crippen molar-refractivity contribution in [3.8, 4) is 0 Å². The van der Waals surface area contributed by atoms with E-state index in [-0.39, 0.29) is 68.0 Å². The largest absolute Gasteiger partial charge is 2.00 e. The molecule has 0 spiro atoms. The van der Waals surface area contributed by atoms with E-state index in [0.29, 0.717) is 0 Å². The predicted octanol–water partition coefficient (Wildman–Crippen LogP) is -9.20. The third kappa shape index (κ3) is 497. The molecule has 0 atom stereocenters. The summed E-state index contributed by atoms with van der Waals surface area (Å²) in [5.41, 5.74) is 0. The van der Waals surface area contributed by atoms with Gasteiger partial charge < -0.3 is 50.1 Å². The van der Waals surface area contributed by atoms with Gasteiger partial charge in [-0.2, -0.15) is 0 Å². The molecular formula is H8Mg2O8Si. The molecule has 0 heterocycles. The Morgan fingerprint density at radius 2 is 0.545 bits per heavy atom. The fourth-order valence-electron chi connectivity index (χ4n) is 0. The maximum absolute atomic E-state index is 8.58. The summed E-state index contributed by atoms with van der Waals surface area (Å²) in [6, 6.07) is 0. The van der Waals surface area contributed by atoms with E-state index in [9.17, 15) is 0 Å². The summed E-state index contributed by atoms with van der Waals surface area (Å²) in [4.78, 5) is 34.3. The van der Waals surface area contributed by atoms with Crippen molar-refractivity contribution in [1.29, 1.82) is 0 Å². The first kappa shape index (κ1) is 55.1. The molecule has 0 rings (SSSR count). The van der Waals surface area contributed by atoms with Gasteiger partial charge in [-0.05, 0) is 0 Å². The molecule has 0 fully saturated rings. The Hall–Kier alpha value is 1.43. The van der Waals surface area contributed by atoms with E-state index in [4.69, 9.17) is 19.2 Å². The third-order valence-electron chi connectivity index (χ3n) is 0. The van der Waals surface area contributed by atoms with Crippen LogP contribution in [0.4, 0.5) is 0 Å². The molecule has 11 heavy (non-hydrogen) atoms. The maximum Gasteiger partial charge on any atom is 2.00 e. The van der Waals surface area contributed by atoms with Crippen LogP contribution in [0.3, 0.4) is 0 Å². The van der Waals surface area contributed by atoms with Crippen molar-refractivity contribution in [2.75, 3.05) is 0 Å². The summed E-state index contributed by atoms with van der Waals surface area (Å²) < 4.78 is 0. The molecule has 0 saturated heterocycles. The van der Waals surface area contributed by atoms with Gasteiger partial charge in [0.25, 0.3) is 0 Å². The average molecular weight is 213 g/mol. The molecule has 0 aromatic rings. The van der Waals surface area contributed by atoms with Crippen molar-refractivity contribution in [3.05, 3.63) is 0 Å². The Morgan fingerprint density at radius 3 is 0.545 bits per heavy atom. The van der Waals surface area contributed by atoms with Gasteiger partial charge in [-0.1, -0.05) is 0 Å². The van der Waals surface area contributed by atoms with Gasteiger partial charge in [0.05, 0.1) is 0 Å². The smallest absolute Gasteiger partial charge is 0.894 e. The molecule has 0 aliphatic heterocycles. The van der Waals surface area contributed by atoms with E-state index in [2.05, 4.69) is 0 Å². The first-order chi connectivity index (χ1) is 2.00. The molecule has 64 valence electrons.